The summed E-state index contributed by atoms with van der Waals surface area (Å²) in [6.07, 6.45) is 0.345. The molecule has 2 N–H and O–H groups in total. The minimum Gasteiger partial charge on any atom is -0.480 e. The standard InChI is InChI=1S/C15H14N2O3S/c18-14(19)13-8-10-4-1-2-6-12(10)17(13)15(20)16-9-11-5-3-7-21-11/h1-7,13H,8-9H2,(H,16,20)(H,18,19)/t13-/m0/s1. The van der Waals surface area contributed by atoms with Gasteiger partial charge in [0.15, 0.2) is 0 Å². The van der Waals surface area contributed by atoms with Crippen molar-refractivity contribution >= 4 is 29.0 Å². The maximum absolute atomic E-state index is 12.4. The Morgan fingerprint density at radius 1 is 1.29 bits per heavy atom. The van der Waals surface area contributed by atoms with Crippen LogP contribution in [0.3, 0.4) is 0 Å². The first-order chi connectivity index (χ1) is 10.2. The highest BCUT2D eigenvalue weighted by Gasteiger charge is 2.38. The number of hydrogen-bond acceptors (Lipinski definition) is 3. The van der Waals surface area contributed by atoms with E-state index in [1.165, 1.54) is 4.90 Å². The number of rotatable bonds is 3. The topological polar surface area (TPSA) is 69.6 Å². The maximum atomic E-state index is 12.4. The number of hydrogen-bond donors (Lipinski definition) is 2. The van der Waals surface area contributed by atoms with Gasteiger partial charge < -0.3 is 10.4 Å². The molecule has 2 heterocycles. The molecule has 0 saturated carbocycles. The zero-order valence-electron chi connectivity index (χ0n) is 11.2. The maximum Gasteiger partial charge on any atom is 0.327 e. The summed E-state index contributed by atoms with van der Waals surface area (Å²) in [7, 11) is 0. The van der Waals surface area contributed by atoms with Gasteiger partial charge in [0, 0.05) is 17.0 Å². The molecule has 1 atom stereocenters. The fourth-order valence-electron chi connectivity index (χ4n) is 2.50. The second-order valence-corrected chi connectivity index (χ2v) is 5.83. The number of amides is 2. The lowest BCUT2D eigenvalue weighted by molar-refractivity contribution is -0.138. The van der Waals surface area contributed by atoms with Crippen molar-refractivity contribution in [3.8, 4) is 0 Å². The van der Waals surface area contributed by atoms with Crippen molar-refractivity contribution in [3.05, 3.63) is 52.2 Å². The number of urea groups is 1. The number of nitrogens with zero attached hydrogens (tertiary/aromatic N) is 1. The lowest BCUT2D eigenvalue weighted by atomic mass is 10.1. The normalized spacial score (nSPS) is 16.6. The van der Waals surface area contributed by atoms with Crippen molar-refractivity contribution in [1.29, 1.82) is 0 Å². The van der Waals surface area contributed by atoms with E-state index in [2.05, 4.69) is 5.32 Å². The van der Waals surface area contributed by atoms with Crippen LogP contribution in [0.15, 0.2) is 41.8 Å². The van der Waals surface area contributed by atoms with E-state index in [9.17, 15) is 14.7 Å². The highest BCUT2D eigenvalue weighted by Crippen LogP contribution is 2.32. The summed E-state index contributed by atoms with van der Waals surface area (Å²) in [4.78, 5) is 26.1. The molecule has 6 heteroatoms. The van der Waals surface area contributed by atoms with Crippen LogP contribution >= 0.6 is 11.3 Å². The second kappa shape index (κ2) is 5.57. The van der Waals surface area contributed by atoms with Gasteiger partial charge in [0.2, 0.25) is 0 Å². The van der Waals surface area contributed by atoms with E-state index in [0.29, 0.717) is 18.7 Å². The lowest BCUT2D eigenvalue weighted by Gasteiger charge is -2.22. The lowest BCUT2D eigenvalue weighted by Crippen LogP contribution is -2.47. The number of carbonyl (C=O) groups is 2. The zero-order chi connectivity index (χ0) is 14.8. The first-order valence-corrected chi connectivity index (χ1v) is 7.45. The Labute approximate surface area is 125 Å². The van der Waals surface area contributed by atoms with Gasteiger partial charge in [-0.05, 0) is 23.1 Å². The predicted octanol–water partition coefficient (Wildman–Crippen LogP) is 2.47. The number of aliphatic carboxylic acids is 1. The van der Waals surface area contributed by atoms with Crippen molar-refractivity contribution in [1.82, 2.24) is 5.32 Å². The average Bonchev–Trinajstić information content (AvgIpc) is 3.11. The van der Waals surface area contributed by atoms with Crippen molar-refractivity contribution in [2.45, 2.75) is 19.0 Å². The minimum atomic E-state index is -0.988. The molecule has 0 unspecified atom stereocenters. The largest absolute Gasteiger partial charge is 0.480 e. The SMILES string of the molecule is O=C(O)[C@@H]1Cc2ccccc2N1C(=O)NCc1cccs1. The fraction of sp³-hybridized carbons (Fsp3) is 0.200. The fourth-order valence-corrected chi connectivity index (χ4v) is 3.14. The van der Waals surface area contributed by atoms with E-state index in [1.807, 2.05) is 35.7 Å². The summed E-state index contributed by atoms with van der Waals surface area (Å²) < 4.78 is 0. The van der Waals surface area contributed by atoms with E-state index in [4.69, 9.17) is 0 Å². The van der Waals surface area contributed by atoms with Crippen molar-refractivity contribution in [2.24, 2.45) is 0 Å². The molecule has 0 bridgehead atoms. The van der Waals surface area contributed by atoms with E-state index in [1.54, 1.807) is 17.4 Å². The number of fused-ring (bicyclic) bond motifs is 1. The molecule has 0 fully saturated rings. The molecule has 1 aromatic carbocycles. The molecule has 1 aliphatic heterocycles. The minimum absolute atomic E-state index is 0.345. The molecule has 0 saturated heterocycles. The number of thiophene rings is 1. The van der Waals surface area contributed by atoms with Gasteiger partial charge >= 0.3 is 12.0 Å². The molecule has 2 aromatic rings. The van der Waals surface area contributed by atoms with Crippen LogP contribution in [0.2, 0.25) is 0 Å². The first-order valence-electron chi connectivity index (χ1n) is 6.57. The van der Waals surface area contributed by atoms with Crippen LogP contribution in [0.5, 0.6) is 0 Å². The van der Waals surface area contributed by atoms with Crippen LogP contribution in [0.25, 0.3) is 0 Å². The van der Waals surface area contributed by atoms with Crippen LogP contribution in [0.1, 0.15) is 10.4 Å². The van der Waals surface area contributed by atoms with Crippen LogP contribution < -0.4 is 10.2 Å². The molecule has 108 valence electrons. The Kier molecular flexibility index (Phi) is 3.62. The van der Waals surface area contributed by atoms with Gasteiger partial charge in [-0.15, -0.1) is 11.3 Å². The van der Waals surface area contributed by atoms with Crippen LogP contribution in [0.4, 0.5) is 10.5 Å². The van der Waals surface area contributed by atoms with E-state index in [0.717, 1.165) is 10.4 Å². The Hall–Kier alpha value is -2.34. The third kappa shape index (κ3) is 2.62. The molecule has 21 heavy (non-hydrogen) atoms. The third-order valence-electron chi connectivity index (χ3n) is 3.47. The summed E-state index contributed by atoms with van der Waals surface area (Å²) >= 11 is 1.55. The quantitative estimate of drug-likeness (QED) is 0.915. The number of carbonyl (C=O) groups excluding carboxylic acids is 1. The van der Waals surface area contributed by atoms with Gasteiger partial charge in [-0.3, -0.25) is 4.90 Å². The summed E-state index contributed by atoms with van der Waals surface area (Å²) in [6.45, 7) is 0.404. The molecule has 3 rings (SSSR count). The summed E-state index contributed by atoms with van der Waals surface area (Å²) in [5, 5.41) is 14.1. The molecule has 0 aliphatic carbocycles. The zero-order valence-corrected chi connectivity index (χ0v) is 12.0. The number of para-hydroxylation sites is 1. The molecule has 1 aromatic heterocycles. The molecule has 2 amide bonds. The molecular weight excluding hydrogens is 288 g/mol. The smallest absolute Gasteiger partial charge is 0.327 e. The van der Waals surface area contributed by atoms with Gasteiger partial charge in [0.25, 0.3) is 0 Å². The number of carboxylic acid groups (broad SMARTS) is 1. The highest BCUT2D eigenvalue weighted by molar-refractivity contribution is 7.09. The molecular formula is C15H14N2O3S. The average molecular weight is 302 g/mol. The Morgan fingerprint density at radius 2 is 2.10 bits per heavy atom. The van der Waals surface area contributed by atoms with Crippen molar-refractivity contribution < 1.29 is 14.7 Å². The number of benzene rings is 1. The monoisotopic (exact) mass is 302 g/mol. The van der Waals surface area contributed by atoms with Crippen LogP contribution in [0, 0.1) is 0 Å². The second-order valence-electron chi connectivity index (χ2n) is 4.79. The number of nitrogens with one attached hydrogen (secondary N) is 1. The Morgan fingerprint density at radius 3 is 2.81 bits per heavy atom. The van der Waals surface area contributed by atoms with Crippen LogP contribution in [-0.2, 0) is 17.8 Å². The van der Waals surface area contributed by atoms with Gasteiger partial charge in [-0.1, -0.05) is 24.3 Å². The third-order valence-corrected chi connectivity index (χ3v) is 4.35. The summed E-state index contributed by atoms with van der Waals surface area (Å²) in [5.74, 6) is -0.988. The van der Waals surface area contributed by atoms with Gasteiger partial charge in [0.1, 0.15) is 6.04 Å². The molecule has 0 radical (unpaired) electrons. The van der Waals surface area contributed by atoms with Gasteiger partial charge in [-0.2, -0.15) is 0 Å². The van der Waals surface area contributed by atoms with Gasteiger partial charge in [-0.25, -0.2) is 9.59 Å². The summed E-state index contributed by atoms with van der Waals surface area (Å²) in [5.41, 5.74) is 1.56. The van der Waals surface area contributed by atoms with Crippen molar-refractivity contribution in [2.75, 3.05) is 4.90 Å². The molecule has 5 nitrogen and oxygen atoms in total. The Bertz CT molecular complexity index is 669. The van der Waals surface area contributed by atoms with Crippen molar-refractivity contribution in [3.63, 3.8) is 0 Å². The van der Waals surface area contributed by atoms with E-state index < -0.39 is 12.0 Å². The van der Waals surface area contributed by atoms with Crippen LogP contribution in [-0.4, -0.2) is 23.1 Å². The van der Waals surface area contributed by atoms with E-state index in [-0.39, 0.29) is 6.03 Å². The number of anilines is 1. The first kappa shape index (κ1) is 13.6. The molecule has 0 spiro atoms. The van der Waals surface area contributed by atoms with E-state index >= 15 is 0 Å². The Balaban J connectivity index is 1.80. The summed E-state index contributed by atoms with van der Waals surface area (Å²) in [6, 6.07) is 9.93. The highest BCUT2D eigenvalue weighted by atomic mass is 32.1. The molecule has 1 aliphatic rings. The number of carboxylic acids is 1. The predicted molar refractivity (Wildman–Crippen MR) is 80.6 cm³/mol. The van der Waals surface area contributed by atoms with Gasteiger partial charge in [0.05, 0.1) is 6.54 Å².